The van der Waals surface area contributed by atoms with Gasteiger partial charge in [-0.3, -0.25) is 4.79 Å². The molecule has 1 aliphatic carbocycles. The number of rotatable bonds is 4. The smallest absolute Gasteiger partial charge is 0.308 e. The number of carbonyl (C=O) groups excluding carboxylic acids is 1. The second-order valence-corrected chi connectivity index (χ2v) is 6.63. The normalized spacial score (nSPS) is 24.4. The highest BCUT2D eigenvalue weighted by atomic mass is 16.5. The molecule has 0 aliphatic heterocycles. The van der Waals surface area contributed by atoms with Crippen molar-refractivity contribution in [3.05, 3.63) is 23.8 Å². The van der Waals surface area contributed by atoms with Gasteiger partial charge in [0, 0.05) is 5.92 Å². The Morgan fingerprint density at radius 2 is 2.05 bits per heavy atom. The molecule has 108 valence electrons. The van der Waals surface area contributed by atoms with Gasteiger partial charge in [-0.15, -0.1) is 0 Å². The molecular weight excluding hydrogens is 236 g/mol. The maximum Gasteiger partial charge on any atom is 0.308 e. The van der Waals surface area contributed by atoms with E-state index in [1.807, 2.05) is 26.8 Å². The van der Waals surface area contributed by atoms with Crippen LogP contribution in [0.15, 0.2) is 23.8 Å². The van der Waals surface area contributed by atoms with E-state index < -0.39 is 0 Å². The predicted molar refractivity (Wildman–Crippen MR) is 79.8 cm³/mol. The molecule has 0 spiro atoms. The van der Waals surface area contributed by atoms with Crippen LogP contribution in [-0.2, 0) is 9.53 Å². The summed E-state index contributed by atoms with van der Waals surface area (Å²) in [6.45, 7) is 12.4. The third-order valence-electron chi connectivity index (χ3n) is 3.94. The van der Waals surface area contributed by atoms with E-state index in [1.165, 1.54) is 18.4 Å². The highest BCUT2D eigenvalue weighted by Gasteiger charge is 2.30. The van der Waals surface area contributed by atoms with Crippen LogP contribution >= 0.6 is 0 Å². The van der Waals surface area contributed by atoms with Crippen LogP contribution in [0.1, 0.15) is 54.4 Å². The molecule has 0 radical (unpaired) electrons. The highest BCUT2D eigenvalue weighted by molar-refractivity contribution is 5.71. The molecule has 0 amide bonds. The van der Waals surface area contributed by atoms with Crippen molar-refractivity contribution < 1.29 is 9.53 Å². The summed E-state index contributed by atoms with van der Waals surface area (Å²) >= 11 is 0. The van der Waals surface area contributed by atoms with Crippen molar-refractivity contribution in [2.45, 2.75) is 60.5 Å². The zero-order chi connectivity index (χ0) is 14.6. The number of carbonyl (C=O) groups is 1. The minimum Gasteiger partial charge on any atom is -0.458 e. The van der Waals surface area contributed by atoms with E-state index in [2.05, 4.69) is 32.9 Å². The molecule has 19 heavy (non-hydrogen) atoms. The summed E-state index contributed by atoms with van der Waals surface area (Å²) in [5.41, 5.74) is 1.71. The number of hydrogen-bond acceptors (Lipinski definition) is 2. The van der Waals surface area contributed by atoms with Gasteiger partial charge in [0.25, 0.3) is 0 Å². The standard InChI is InChI=1S/C17H28O2/c1-12(2)16(18)19-14(4)9-10-15-13(3)8-7-11-17(15,5)6/h8-10,12,14-15H,7,11H2,1-6H3/b10-9+. The van der Waals surface area contributed by atoms with Gasteiger partial charge in [0.2, 0.25) is 0 Å². The molecule has 0 aromatic rings. The Bertz CT molecular complexity index is 375. The fourth-order valence-corrected chi connectivity index (χ4v) is 2.61. The van der Waals surface area contributed by atoms with Gasteiger partial charge in [-0.2, -0.15) is 0 Å². The fourth-order valence-electron chi connectivity index (χ4n) is 2.61. The number of allylic oxidation sites excluding steroid dienone is 3. The predicted octanol–water partition coefficient (Wildman–Crippen LogP) is 4.51. The lowest BCUT2D eigenvalue weighted by molar-refractivity contribution is -0.149. The SMILES string of the molecule is CC1=CCCC(C)(C)C1/C=C/C(C)OC(=O)C(C)C. The molecule has 0 aromatic carbocycles. The molecule has 0 bridgehead atoms. The zero-order valence-corrected chi connectivity index (χ0v) is 13.2. The van der Waals surface area contributed by atoms with Crippen molar-refractivity contribution in [3.63, 3.8) is 0 Å². The van der Waals surface area contributed by atoms with E-state index in [0.29, 0.717) is 5.92 Å². The van der Waals surface area contributed by atoms with Gasteiger partial charge in [-0.25, -0.2) is 0 Å². The Morgan fingerprint density at radius 1 is 1.42 bits per heavy atom. The molecule has 0 saturated heterocycles. The lowest BCUT2D eigenvalue weighted by atomic mass is 9.68. The van der Waals surface area contributed by atoms with Gasteiger partial charge in [0.1, 0.15) is 6.10 Å². The van der Waals surface area contributed by atoms with E-state index >= 15 is 0 Å². The molecule has 0 aromatic heterocycles. The molecule has 1 aliphatic rings. The largest absolute Gasteiger partial charge is 0.458 e. The van der Waals surface area contributed by atoms with Crippen LogP contribution in [0.3, 0.4) is 0 Å². The van der Waals surface area contributed by atoms with E-state index in [9.17, 15) is 4.79 Å². The molecule has 2 heteroatoms. The van der Waals surface area contributed by atoms with Crippen molar-refractivity contribution in [2.75, 3.05) is 0 Å². The van der Waals surface area contributed by atoms with Crippen molar-refractivity contribution in [1.82, 2.24) is 0 Å². The lowest BCUT2D eigenvalue weighted by Crippen LogP contribution is -2.26. The van der Waals surface area contributed by atoms with E-state index in [4.69, 9.17) is 4.74 Å². The van der Waals surface area contributed by atoms with Gasteiger partial charge < -0.3 is 4.74 Å². The first kappa shape index (κ1) is 16.0. The van der Waals surface area contributed by atoms with E-state index in [0.717, 1.165) is 0 Å². The van der Waals surface area contributed by atoms with Crippen LogP contribution in [-0.4, -0.2) is 12.1 Å². The first-order valence-electron chi connectivity index (χ1n) is 7.29. The summed E-state index contributed by atoms with van der Waals surface area (Å²) in [7, 11) is 0. The number of hydrogen-bond donors (Lipinski definition) is 0. The Kier molecular flexibility index (Phi) is 5.39. The van der Waals surface area contributed by atoms with Crippen molar-refractivity contribution in [2.24, 2.45) is 17.3 Å². The first-order chi connectivity index (χ1) is 8.74. The Morgan fingerprint density at radius 3 is 2.58 bits per heavy atom. The van der Waals surface area contributed by atoms with Crippen LogP contribution < -0.4 is 0 Å². The molecule has 2 nitrogen and oxygen atoms in total. The quantitative estimate of drug-likeness (QED) is 0.551. The minimum atomic E-state index is -0.152. The summed E-state index contributed by atoms with van der Waals surface area (Å²) in [5, 5.41) is 0. The third-order valence-corrected chi connectivity index (χ3v) is 3.94. The summed E-state index contributed by atoms with van der Waals surface area (Å²) in [4.78, 5) is 11.5. The van der Waals surface area contributed by atoms with Crippen molar-refractivity contribution in [1.29, 1.82) is 0 Å². The highest BCUT2D eigenvalue weighted by Crippen LogP contribution is 2.41. The second-order valence-electron chi connectivity index (χ2n) is 6.63. The van der Waals surface area contributed by atoms with Gasteiger partial charge in [-0.1, -0.05) is 45.4 Å². The van der Waals surface area contributed by atoms with E-state index in [-0.39, 0.29) is 23.4 Å². The topological polar surface area (TPSA) is 26.3 Å². The Labute approximate surface area is 117 Å². The van der Waals surface area contributed by atoms with Crippen LogP contribution in [0, 0.1) is 17.3 Å². The molecule has 2 atom stereocenters. The maximum atomic E-state index is 11.5. The third kappa shape index (κ3) is 4.52. The Balaban J connectivity index is 2.67. The second kappa shape index (κ2) is 6.40. The minimum absolute atomic E-state index is 0.0661. The maximum absolute atomic E-state index is 11.5. The fraction of sp³-hybridized carbons (Fsp3) is 0.706. The van der Waals surface area contributed by atoms with Crippen LogP contribution in [0.2, 0.25) is 0 Å². The average molecular weight is 264 g/mol. The van der Waals surface area contributed by atoms with Gasteiger partial charge in [0.05, 0.1) is 5.92 Å². The van der Waals surface area contributed by atoms with Gasteiger partial charge in [-0.05, 0) is 38.2 Å². The number of ether oxygens (including phenoxy) is 1. The van der Waals surface area contributed by atoms with Crippen LogP contribution in [0.25, 0.3) is 0 Å². The molecule has 1 rings (SSSR count). The van der Waals surface area contributed by atoms with Gasteiger partial charge >= 0.3 is 5.97 Å². The molecule has 0 N–H and O–H groups in total. The van der Waals surface area contributed by atoms with Crippen LogP contribution in [0.5, 0.6) is 0 Å². The Hall–Kier alpha value is -1.05. The first-order valence-corrected chi connectivity index (χ1v) is 7.29. The molecule has 2 unspecified atom stereocenters. The zero-order valence-electron chi connectivity index (χ0n) is 13.2. The molecular formula is C17H28O2. The van der Waals surface area contributed by atoms with Crippen LogP contribution in [0.4, 0.5) is 0 Å². The molecule has 0 heterocycles. The van der Waals surface area contributed by atoms with Crippen molar-refractivity contribution >= 4 is 5.97 Å². The monoisotopic (exact) mass is 264 g/mol. The molecule has 0 saturated carbocycles. The van der Waals surface area contributed by atoms with Gasteiger partial charge in [0.15, 0.2) is 0 Å². The van der Waals surface area contributed by atoms with Crippen molar-refractivity contribution in [3.8, 4) is 0 Å². The summed E-state index contributed by atoms with van der Waals surface area (Å²) in [6.07, 6.45) is 8.78. The summed E-state index contributed by atoms with van der Waals surface area (Å²) in [5.74, 6) is 0.248. The van der Waals surface area contributed by atoms with E-state index in [1.54, 1.807) is 0 Å². The average Bonchev–Trinajstić information content (AvgIpc) is 2.27. The lowest BCUT2D eigenvalue weighted by Gasteiger charge is -2.36. The summed E-state index contributed by atoms with van der Waals surface area (Å²) < 4.78 is 5.36. The molecule has 0 fully saturated rings. The number of esters is 1. The summed E-state index contributed by atoms with van der Waals surface area (Å²) in [6, 6.07) is 0.